The molecule has 7 rings (SSSR count). The third-order valence-electron chi connectivity index (χ3n) is 10.1. The summed E-state index contributed by atoms with van der Waals surface area (Å²) in [7, 11) is 0. The maximum atomic E-state index is 15.0. The van der Waals surface area contributed by atoms with E-state index in [2.05, 4.69) is 29.9 Å². The van der Waals surface area contributed by atoms with Crippen molar-refractivity contribution >= 4 is 57.4 Å². The van der Waals surface area contributed by atoms with E-state index in [1.54, 1.807) is 73.7 Å². The number of halogens is 17. The molecule has 0 aliphatic carbocycles. The van der Waals surface area contributed by atoms with Crippen LogP contribution < -0.4 is 0 Å². The van der Waals surface area contributed by atoms with Crippen molar-refractivity contribution in [3.63, 3.8) is 0 Å². The third kappa shape index (κ3) is 7.91. The Labute approximate surface area is 358 Å². The van der Waals surface area contributed by atoms with E-state index >= 15 is 0 Å². The molecule has 4 heterocycles. The van der Waals surface area contributed by atoms with E-state index in [1.165, 1.54) is 30.4 Å². The van der Waals surface area contributed by atoms with E-state index in [0.717, 1.165) is 0 Å². The molecular formula is C41H25F17N6O2. The normalized spacial score (nSPS) is 17.6. The first kappa shape index (κ1) is 47.8. The average molecular weight is 957 g/mol. The lowest BCUT2D eigenvalue weighted by Crippen LogP contribution is -2.74. The Balaban J connectivity index is 1.18. The number of benzene rings is 3. The van der Waals surface area contributed by atoms with Crippen LogP contribution in [0.4, 0.5) is 74.6 Å². The Morgan fingerprint density at radius 2 is 0.803 bits per heavy atom. The number of alkyl halides is 17. The number of hydrogen-bond donors (Lipinski definition) is 0. The van der Waals surface area contributed by atoms with Crippen LogP contribution in [-0.4, -0.2) is 90.2 Å². The van der Waals surface area contributed by atoms with Crippen molar-refractivity contribution < 1.29 is 84.1 Å². The number of ether oxygens (including phenoxy) is 2. The molecule has 66 heavy (non-hydrogen) atoms. The van der Waals surface area contributed by atoms with Crippen LogP contribution in [0.1, 0.15) is 46.9 Å². The van der Waals surface area contributed by atoms with Crippen LogP contribution in [0.5, 0.6) is 0 Å². The van der Waals surface area contributed by atoms with Crippen molar-refractivity contribution in [3.05, 3.63) is 107 Å². The molecule has 8 nitrogen and oxygen atoms in total. The Morgan fingerprint density at radius 1 is 0.455 bits per heavy atom. The van der Waals surface area contributed by atoms with Crippen LogP contribution in [0.25, 0.3) is 57.4 Å². The fourth-order valence-corrected chi connectivity index (χ4v) is 6.48. The fraction of sp³-hybridized carbons (Fsp3) is 0.317. The molecule has 0 radical (unpaired) electrons. The summed E-state index contributed by atoms with van der Waals surface area (Å²) < 4.78 is 247. The van der Waals surface area contributed by atoms with E-state index in [-0.39, 0.29) is 28.1 Å². The van der Waals surface area contributed by atoms with Gasteiger partial charge in [0.25, 0.3) is 0 Å². The molecule has 0 bridgehead atoms. The van der Waals surface area contributed by atoms with E-state index in [0.29, 0.717) is 33.5 Å². The van der Waals surface area contributed by atoms with Crippen LogP contribution in [0.15, 0.2) is 72.8 Å². The quantitative estimate of drug-likeness (QED) is 0.106. The lowest BCUT2D eigenvalue weighted by atomic mass is 9.88. The van der Waals surface area contributed by atoms with E-state index < -0.39 is 78.7 Å². The summed E-state index contributed by atoms with van der Waals surface area (Å²) in [6, 6.07) is 19.7. The molecule has 3 aromatic heterocycles. The van der Waals surface area contributed by atoms with Crippen molar-refractivity contribution in [2.75, 3.05) is 6.61 Å². The summed E-state index contributed by atoms with van der Waals surface area (Å²) >= 11 is 0. The Hall–Kier alpha value is -6.11. The average Bonchev–Trinajstić information content (AvgIpc) is 3.71. The number of para-hydroxylation sites is 6. The summed E-state index contributed by atoms with van der Waals surface area (Å²) in [6.07, 6.45) is -9.42. The Morgan fingerprint density at radius 3 is 1.26 bits per heavy atom. The van der Waals surface area contributed by atoms with Crippen molar-refractivity contribution in [1.82, 2.24) is 29.9 Å². The van der Waals surface area contributed by atoms with Crippen LogP contribution >= 0.6 is 0 Å². The van der Waals surface area contributed by atoms with Gasteiger partial charge in [-0.05, 0) is 67.6 Å². The number of hydrogen-bond acceptors (Lipinski definition) is 8. The molecular weight excluding hydrogens is 931 g/mol. The predicted octanol–water partition coefficient (Wildman–Crippen LogP) is 12.0. The molecule has 0 saturated carbocycles. The first-order valence-corrected chi connectivity index (χ1v) is 18.7. The van der Waals surface area contributed by atoms with Crippen LogP contribution in [0.2, 0.25) is 0 Å². The highest BCUT2D eigenvalue weighted by Crippen LogP contribution is 2.64. The Bertz CT molecular complexity index is 2870. The molecule has 2 unspecified atom stereocenters. The van der Waals surface area contributed by atoms with Gasteiger partial charge in [0.2, 0.25) is 6.29 Å². The van der Waals surface area contributed by atoms with Crippen LogP contribution in [0, 0.1) is 6.92 Å². The maximum Gasteiger partial charge on any atom is 0.460 e. The largest absolute Gasteiger partial charge is 0.460 e. The highest BCUT2D eigenvalue weighted by molar-refractivity contribution is 5.84. The standard InChI is InChI=1S/C41H25F17N6O2/c1-20-22(60-24-9-3-2-8-23(24)59-20)14-15-29-30(62-26-11-5-4-10-25(26)61-29)16-17-31-32(64-28-13-7-6-12-27(28)63-31)33-65-19-21(66-33)18-34(42,43)35(44,45)36(46,47)37(48,49)38(50,51)39(52,53)40(54,55)41(56,57)58/h2-17,21,33H,18-19H2,1H3/b15-14+,17-16+. The number of fused-ring (bicyclic) bond motifs is 3. The molecule has 0 spiro atoms. The van der Waals surface area contributed by atoms with Gasteiger partial charge < -0.3 is 9.47 Å². The SMILES string of the molecule is Cc1nc2ccccc2nc1/C=C/c1nc2ccccc2nc1/C=C/c1nc2ccccc2nc1C1OCC(CC(F)(F)C(F)(F)C(F)(F)C(F)(F)C(F)(F)C(F)(F)C(F)(F)C(F)(F)F)O1. The first-order chi connectivity index (χ1) is 30.5. The van der Waals surface area contributed by atoms with Crippen molar-refractivity contribution in [2.24, 2.45) is 0 Å². The summed E-state index contributed by atoms with van der Waals surface area (Å²) in [5.74, 6) is -57.3. The van der Waals surface area contributed by atoms with Gasteiger partial charge in [-0.25, -0.2) is 29.9 Å². The molecule has 1 aliphatic rings. The molecule has 350 valence electrons. The molecule has 0 amide bonds. The minimum absolute atomic E-state index is 0.0776. The molecule has 3 aromatic carbocycles. The van der Waals surface area contributed by atoms with Gasteiger partial charge in [-0.15, -0.1) is 0 Å². The van der Waals surface area contributed by atoms with Gasteiger partial charge in [-0.2, -0.15) is 74.6 Å². The number of nitrogens with zero attached hydrogens (tertiary/aromatic N) is 6. The summed E-state index contributed by atoms with van der Waals surface area (Å²) in [6.45, 7) is 0.456. The third-order valence-corrected chi connectivity index (χ3v) is 10.1. The highest BCUT2D eigenvalue weighted by Gasteiger charge is 2.95. The van der Waals surface area contributed by atoms with Gasteiger partial charge >= 0.3 is 47.6 Å². The van der Waals surface area contributed by atoms with Gasteiger partial charge in [-0.1, -0.05) is 36.4 Å². The zero-order valence-electron chi connectivity index (χ0n) is 32.7. The summed E-state index contributed by atoms with van der Waals surface area (Å²) in [5.41, 5.74) is 3.23. The molecule has 1 fully saturated rings. The van der Waals surface area contributed by atoms with Gasteiger partial charge in [0, 0.05) is 6.42 Å². The van der Waals surface area contributed by atoms with Gasteiger partial charge in [0.1, 0.15) is 5.69 Å². The van der Waals surface area contributed by atoms with Gasteiger partial charge in [0.15, 0.2) is 0 Å². The topological polar surface area (TPSA) is 95.8 Å². The second-order valence-electron chi connectivity index (χ2n) is 14.6. The van der Waals surface area contributed by atoms with Crippen molar-refractivity contribution in [1.29, 1.82) is 0 Å². The van der Waals surface area contributed by atoms with E-state index in [4.69, 9.17) is 9.47 Å². The lowest BCUT2D eigenvalue weighted by molar-refractivity contribution is -0.462. The smallest absolute Gasteiger partial charge is 0.344 e. The molecule has 0 N–H and O–H groups in total. The van der Waals surface area contributed by atoms with E-state index in [9.17, 15) is 74.6 Å². The van der Waals surface area contributed by atoms with Crippen LogP contribution in [-0.2, 0) is 9.47 Å². The fourth-order valence-electron chi connectivity index (χ4n) is 6.48. The van der Waals surface area contributed by atoms with Gasteiger partial charge in [-0.3, -0.25) is 0 Å². The number of aryl methyl sites for hydroxylation is 1. The first-order valence-electron chi connectivity index (χ1n) is 18.7. The summed E-state index contributed by atoms with van der Waals surface area (Å²) in [5, 5.41) is 0. The lowest BCUT2D eigenvalue weighted by Gasteiger charge is -2.43. The molecule has 1 aliphatic heterocycles. The molecule has 6 aromatic rings. The molecule has 25 heteroatoms. The maximum absolute atomic E-state index is 15.0. The van der Waals surface area contributed by atoms with Gasteiger partial charge in [0.05, 0.1) is 74.3 Å². The monoisotopic (exact) mass is 956 g/mol. The minimum atomic E-state index is -8.74. The Kier molecular flexibility index (Phi) is 11.8. The zero-order valence-corrected chi connectivity index (χ0v) is 32.7. The van der Waals surface area contributed by atoms with Crippen molar-refractivity contribution in [2.45, 2.75) is 73.4 Å². The molecule has 2 atom stereocenters. The molecule has 1 saturated heterocycles. The second kappa shape index (κ2) is 16.3. The summed E-state index contributed by atoms with van der Waals surface area (Å²) in [4.78, 5) is 27.2. The second-order valence-corrected chi connectivity index (χ2v) is 14.6. The highest BCUT2D eigenvalue weighted by atomic mass is 19.4. The van der Waals surface area contributed by atoms with E-state index in [1.807, 2.05) is 0 Å². The zero-order chi connectivity index (χ0) is 48.5. The predicted molar refractivity (Wildman–Crippen MR) is 200 cm³/mol. The van der Waals surface area contributed by atoms with Crippen molar-refractivity contribution in [3.8, 4) is 0 Å². The number of aromatic nitrogens is 6. The minimum Gasteiger partial charge on any atom is -0.344 e. The van der Waals surface area contributed by atoms with Crippen LogP contribution in [0.3, 0.4) is 0 Å². The number of rotatable bonds is 13.